The first-order chi connectivity index (χ1) is 17.0. The van der Waals surface area contributed by atoms with Gasteiger partial charge in [-0.25, -0.2) is 0 Å². The van der Waals surface area contributed by atoms with Gasteiger partial charge < -0.3 is 9.64 Å². The van der Waals surface area contributed by atoms with Crippen molar-refractivity contribution in [3.05, 3.63) is 106 Å². The average Bonchev–Trinajstić information content (AvgIpc) is 3.40. The number of hydrogen-bond acceptors (Lipinski definition) is 3. The molecule has 3 aromatic carbocycles. The fraction of sp³-hybridized carbons (Fsp3) is 0.267. The largest absolute Gasteiger partial charge is 0.494 e. The molecule has 0 radical (unpaired) electrons. The summed E-state index contributed by atoms with van der Waals surface area (Å²) >= 11 is 0. The van der Waals surface area contributed by atoms with Crippen molar-refractivity contribution in [2.24, 2.45) is 0 Å². The number of nitrogens with one attached hydrogen (secondary N) is 1. The minimum absolute atomic E-state index is 0.0336. The first-order valence-electron chi connectivity index (χ1n) is 12.3. The van der Waals surface area contributed by atoms with E-state index in [4.69, 9.17) is 4.74 Å². The minimum atomic E-state index is -0.261. The number of aromatic nitrogens is 2. The van der Waals surface area contributed by atoms with Crippen molar-refractivity contribution in [1.29, 1.82) is 0 Å². The quantitative estimate of drug-likeness (QED) is 0.298. The highest BCUT2D eigenvalue weighted by Crippen LogP contribution is 2.44. The maximum atomic E-state index is 13.7. The van der Waals surface area contributed by atoms with Crippen molar-refractivity contribution in [3.63, 3.8) is 0 Å². The van der Waals surface area contributed by atoms with Crippen LogP contribution in [0.4, 0.5) is 0 Å². The Morgan fingerprint density at radius 1 is 0.971 bits per heavy atom. The number of H-pyrrole nitrogens is 1. The number of unbranched alkanes of at least 4 members (excludes halogenated alkanes) is 1. The van der Waals surface area contributed by atoms with Crippen LogP contribution in [0, 0.1) is 13.8 Å². The smallest absolute Gasteiger partial charge is 0.273 e. The highest BCUT2D eigenvalue weighted by atomic mass is 16.5. The number of carbonyl (C=O) groups is 1. The lowest BCUT2D eigenvalue weighted by Crippen LogP contribution is -2.29. The lowest BCUT2D eigenvalue weighted by molar-refractivity contribution is 0.0730. The summed E-state index contributed by atoms with van der Waals surface area (Å²) in [6.07, 6.45) is 2.09. The minimum Gasteiger partial charge on any atom is -0.494 e. The van der Waals surface area contributed by atoms with Gasteiger partial charge in [-0.2, -0.15) is 5.10 Å². The van der Waals surface area contributed by atoms with Crippen molar-refractivity contribution in [2.45, 2.75) is 46.2 Å². The van der Waals surface area contributed by atoms with Crippen molar-refractivity contribution >= 4 is 5.91 Å². The van der Waals surface area contributed by atoms with Gasteiger partial charge in [0.05, 0.1) is 18.3 Å². The maximum Gasteiger partial charge on any atom is 0.273 e. The van der Waals surface area contributed by atoms with E-state index in [9.17, 15) is 4.79 Å². The summed E-state index contributed by atoms with van der Waals surface area (Å²) in [6, 6.07) is 24.5. The fourth-order valence-corrected chi connectivity index (χ4v) is 4.64. The monoisotopic (exact) mass is 465 g/mol. The molecule has 0 saturated heterocycles. The molecule has 1 unspecified atom stereocenters. The predicted molar refractivity (Wildman–Crippen MR) is 139 cm³/mol. The van der Waals surface area contributed by atoms with Crippen LogP contribution >= 0.6 is 0 Å². The Hall–Kier alpha value is -3.86. The fourth-order valence-electron chi connectivity index (χ4n) is 4.64. The summed E-state index contributed by atoms with van der Waals surface area (Å²) in [5, 5.41) is 7.65. The van der Waals surface area contributed by atoms with Gasteiger partial charge in [-0.1, -0.05) is 85.1 Å². The van der Waals surface area contributed by atoms with E-state index in [1.54, 1.807) is 0 Å². The lowest BCUT2D eigenvalue weighted by atomic mass is 9.95. The Morgan fingerprint density at radius 3 is 2.40 bits per heavy atom. The SMILES string of the molecule is CCCCOc1cccc(C2c3c(-c4ccc(C)cc4)n[nH]c3C(=O)N2Cc2ccc(C)cc2)c1. The zero-order valence-electron chi connectivity index (χ0n) is 20.5. The van der Waals surface area contributed by atoms with E-state index in [1.807, 2.05) is 17.0 Å². The highest BCUT2D eigenvalue weighted by Gasteiger charge is 2.42. The molecule has 5 nitrogen and oxygen atoms in total. The summed E-state index contributed by atoms with van der Waals surface area (Å²) in [5.41, 5.74) is 7.82. The van der Waals surface area contributed by atoms with Crippen molar-refractivity contribution in [1.82, 2.24) is 15.1 Å². The van der Waals surface area contributed by atoms with Crippen LogP contribution in [-0.4, -0.2) is 27.6 Å². The molecule has 0 spiro atoms. The number of fused-ring (bicyclic) bond motifs is 1. The first-order valence-corrected chi connectivity index (χ1v) is 12.3. The lowest BCUT2D eigenvalue weighted by Gasteiger charge is -2.27. The molecule has 1 N–H and O–H groups in total. The summed E-state index contributed by atoms with van der Waals surface area (Å²) in [7, 11) is 0. The van der Waals surface area contributed by atoms with Crippen LogP contribution in [0.5, 0.6) is 5.75 Å². The number of nitrogens with zero attached hydrogens (tertiary/aromatic N) is 2. The van der Waals surface area contributed by atoms with E-state index in [2.05, 4.69) is 91.6 Å². The molecule has 0 aliphatic carbocycles. The Balaban J connectivity index is 1.58. The van der Waals surface area contributed by atoms with Crippen molar-refractivity contribution in [3.8, 4) is 17.0 Å². The van der Waals surface area contributed by atoms with Crippen LogP contribution in [0.25, 0.3) is 11.3 Å². The topological polar surface area (TPSA) is 58.2 Å². The van der Waals surface area contributed by atoms with Crippen LogP contribution in [0.2, 0.25) is 0 Å². The normalized spacial score (nSPS) is 14.9. The van der Waals surface area contributed by atoms with Gasteiger partial charge in [-0.15, -0.1) is 0 Å². The van der Waals surface area contributed by atoms with Gasteiger partial charge in [-0.3, -0.25) is 9.89 Å². The summed E-state index contributed by atoms with van der Waals surface area (Å²) < 4.78 is 6.01. The van der Waals surface area contributed by atoms with Crippen LogP contribution in [0.3, 0.4) is 0 Å². The number of ether oxygens (including phenoxy) is 1. The molecule has 178 valence electrons. The summed E-state index contributed by atoms with van der Waals surface area (Å²) in [5.74, 6) is 0.793. The zero-order chi connectivity index (χ0) is 24.4. The predicted octanol–water partition coefficient (Wildman–Crippen LogP) is 6.62. The molecule has 1 amide bonds. The van der Waals surface area contributed by atoms with E-state index in [0.717, 1.165) is 46.5 Å². The molecular formula is C30H31N3O2. The van der Waals surface area contributed by atoms with Crippen LogP contribution < -0.4 is 4.74 Å². The second-order valence-corrected chi connectivity index (χ2v) is 9.32. The molecule has 5 heteroatoms. The standard InChI is InChI=1S/C30H31N3O2/c1-4-5-17-35-25-8-6-7-24(18-25)29-26-27(23-15-11-21(3)12-16-23)31-32-28(26)30(34)33(29)19-22-13-9-20(2)10-14-22/h6-16,18,29H,4-5,17,19H2,1-3H3,(H,31,32). The average molecular weight is 466 g/mol. The Labute approximate surface area is 206 Å². The van der Waals surface area contributed by atoms with Gasteiger partial charge >= 0.3 is 0 Å². The molecule has 1 aliphatic rings. The van der Waals surface area contributed by atoms with Gasteiger partial charge in [0.1, 0.15) is 11.4 Å². The maximum absolute atomic E-state index is 13.7. The van der Waals surface area contributed by atoms with E-state index >= 15 is 0 Å². The van der Waals surface area contributed by atoms with E-state index < -0.39 is 0 Å². The summed E-state index contributed by atoms with van der Waals surface area (Å²) in [4.78, 5) is 15.6. The summed E-state index contributed by atoms with van der Waals surface area (Å²) in [6.45, 7) is 7.49. The van der Waals surface area contributed by atoms with Gasteiger partial charge in [-0.05, 0) is 43.5 Å². The van der Waals surface area contributed by atoms with Gasteiger partial charge in [0.2, 0.25) is 0 Å². The molecule has 0 saturated carbocycles. The molecule has 1 atom stereocenters. The van der Waals surface area contributed by atoms with E-state index in [0.29, 0.717) is 18.8 Å². The number of carbonyl (C=O) groups excluding carboxylic acids is 1. The second-order valence-electron chi connectivity index (χ2n) is 9.32. The molecule has 5 rings (SSSR count). The Bertz CT molecular complexity index is 1320. The molecule has 1 aromatic heterocycles. The number of aromatic amines is 1. The highest BCUT2D eigenvalue weighted by molar-refractivity contribution is 6.00. The molecule has 2 heterocycles. The molecule has 1 aliphatic heterocycles. The zero-order valence-corrected chi connectivity index (χ0v) is 20.5. The third-order valence-corrected chi connectivity index (χ3v) is 6.60. The Kier molecular flexibility index (Phi) is 6.41. The number of aryl methyl sites for hydroxylation is 2. The van der Waals surface area contributed by atoms with E-state index in [-0.39, 0.29) is 11.9 Å². The molecular weight excluding hydrogens is 434 g/mol. The van der Waals surface area contributed by atoms with Gasteiger partial charge in [0, 0.05) is 17.7 Å². The van der Waals surface area contributed by atoms with Crippen LogP contribution in [0.15, 0.2) is 72.8 Å². The molecule has 0 fully saturated rings. The molecule has 0 bridgehead atoms. The molecule has 35 heavy (non-hydrogen) atoms. The number of hydrogen-bond donors (Lipinski definition) is 1. The van der Waals surface area contributed by atoms with Crippen LogP contribution in [-0.2, 0) is 6.54 Å². The molecule has 4 aromatic rings. The first kappa shape index (κ1) is 22.9. The Morgan fingerprint density at radius 2 is 1.69 bits per heavy atom. The van der Waals surface area contributed by atoms with Crippen molar-refractivity contribution in [2.75, 3.05) is 6.61 Å². The van der Waals surface area contributed by atoms with Crippen molar-refractivity contribution < 1.29 is 9.53 Å². The number of amides is 1. The number of benzene rings is 3. The second kappa shape index (κ2) is 9.79. The third-order valence-electron chi connectivity index (χ3n) is 6.60. The van der Waals surface area contributed by atoms with Gasteiger partial charge in [0.25, 0.3) is 5.91 Å². The number of rotatable bonds is 8. The van der Waals surface area contributed by atoms with E-state index in [1.165, 1.54) is 11.1 Å². The third kappa shape index (κ3) is 4.59. The van der Waals surface area contributed by atoms with Crippen LogP contribution in [0.1, 0.15) is 64.1 Å². The van der Waals surface area contributed by atoms with Gasteiger partial charge in [0.15, 0.2) is 0 Å².